The maximum absolute atomic E-state index is 12.5. The molecular weight excluding hydrogens is 440 g/mol. The summed E-state index contributed by atoms with van der Waals surface area (Å²) in [6.45, 7) is 2.02. The quantitative estimate of drug-likeness (QED) is 0.350. The number of carboxylic acid groups (broad SMARTS) is 1. The van der Waals surface area contributed by atoms with Crippen molar-refractivity contribution in [2.24, 2.45) is 0 Å². The van der Waals surface area contributed by atoms with Crippen molar-refractivity contribution >= 4 is 28.7 Å². The number of fused-ring (bicyclic) bond motifs is 1. The van der Waals surface area contributed by atoms with Gasteiger partial charge in [-0.2, -0.15) is 0 Å². The van der Waals surface area contributed by atoms with Gasteiger partial charge in [0, 0.05) is 29.6 Å². The van der Waals surface area contributed by atoms with Gasteiger partial charge in [0.15, 0.2) is 0 Å². The first-order chi connectivity index (χ1) is 17.0. The Hall–Kier alpha value is -4.26. The molecule has 7 heteroatoms. The van der Waals surface area contributed by atoms with Gasteiger partial charge in [-0.05, 0) is 66.3 Å². The molecule has 4 aromatic rings. The van der Waals surface area contributed by atoms with Gasteiger partial charge in [0.25, 0.3) is 5.91 Å². The first kappa shape index (κ1) is 22.5. The minimum absolute atomic E-state index is 0.0444. The average molecular weight is 467 g/mol. The normalized spacial score (nSPS) is 13.9. The molecule has 3 aromatic carbocycles. The zero-order valence-corrected chi connectivity index (χ0v) is 19.4. The van der Waals surface area contributed by atoms with Crippen LogP contribution in [-0.4, -0.2) is 39.0 Å². The van der Waals surface area contributed by atoms with Crippen molar-refractivity contribution in [2.75, 3.05) is 5.32 Å². The molecule has 7 nitrogen and oxygen atoms in total. The van der Waals surface area contributed by atoms with E-state index < -0.39 is 12.0 Å². The van der Waals surface area contributed by atoms with E-state index in [4.69, 9.17) is 0 Å². The summed E-state index contributed by atoms with van der Waals surface area (Å²) in [6.07, 6.45) is 4.10. The van der Waals surface area contributed by atoms with Gasteiger partial charge in [0.05, 0.1) is 5.52 Å². The molecule has 1 amide bonds. The number of amides is 1. The Kier molecular flexibility index (Phi) is 6.14. The molecular formula is C28H26N4O3. The molecule has 0 saturated heterocycles. The molecule has 176 valence electrons. The van der Waals surface area contributed by atoms with E-state index in [0.29, 0.717) is 23.5 Å². The third-order valence-corrected chi connectivity index (χ3v) is 6.19. The summed E-state index contributed by atoms with van der Waals surface area (Å²) < 4.78 is 0. The molecule has 0 radical (unpaired) electrons. The largest absolute Gasteiger partial charge is 0.480 e. The molecule has 0 aliphatic heterocycles. The molecule has 35 heavy (non-hydrogen) atoms. The molecule has 1 heterocycles. The van der Waals surface area contributed by atoms with Crippen LogP contribution in [0.1, 0.15) is 34.3 Å². The van der Waals surface area contributed by atoms with Crippen LogP contribution < -0.4 is 10.6 Å². The minimum Gasteiger partial charge on any atom is -0.480 e. The van der Waals surface area contributed by atoms with E-state index in [-0.39, 0.29) is 11.9 Å². The van der Waals surface area contributed by atoms with E-state index in [0.717, 1.165) is 40.5 Å². The number of benzene rings is 3. The molecule has 1 aliphatic rings. The monoisotopic (exact) mass is 466 g/mol. The lowest BCUT2D eigenvalue weighted by atomic mass is 9.97. The number of nitrogens with one attached hydrogen (secondary N) is 2. The number of rotatable bonds is 8. The minimum atomic E-state index is -0.964. The number of carbonyl (C=O) groups excluding carboxylic acids is 1. The third kappa shape index (κ3) is 5.30. The number of aryl methyl sites for hydroxylation is 1. The molecule has 1 saturated carbocycles. The average Bonchev–Trinajstić information content (AvgIpc) is 3.68. The van der Waals surface area contributed by atoms with Crippen LogP contribution in [0.5, 0.6) is 0 Å². The number of aromatic nitrogens is 2. The number of aliphatic carboxylic acids is 1. The Balaban J connectivity index is 1.38. The number of carboxylic acids is 1. The number of carbonyl (C=O) groups is 2. The zero-order chi connectivity index (χ0) is 24.4. The summed E-state index contributed by atoms with van der Waals surface area (Å²) in [4.78, 5) is 33.2. The highest BCUT2D eigenvalue weighted by Crippen LogP contribution is 2.28. The van der Waals surface area contributed by atoms with Gasteiger partial charge in [-0.25, -0.2) is 14.8 Å². The van der Waals surface area contributed by atoms with Crippen LogP contribution in [-0.2, 0) is 11.2 Å². The summed E-state index contributed by atoms with van der Waals surface area (Å²) in [5.74, 6) is -0.741. The van der Waals surface area contributed by atoms with Gasteiger partial charge >= 0.3 is 5.97 Å². The Morgan fingerprint density at radius 1 is 1.06 bits per heavy atom. The van der Waals surface area contributed by atoms with Crippen molar-refractivity contribution in [3.8, 4) is 11.1 Å². The Labute approximate surface area is 203 Å². The van der Waals surface area contributed by atoms with Crippen molar-refractivity contribution < 1.29 is 14.7 Å². The molecule has 1 aliphatic carbocycles. The molecule has 1 atom stereocenters. The fourth-order valence-electron chi connectivity index (χ4n) is 4.05. The Morgan fingerprint density at radius 3 is 2.60 bits per heavy atom. The van der Waals surface area contributed by atoms with E-state index in [1.165, 1.54) is 0 Å². The number of nitrogens with zero attached hydrogens (tertiary/aromatic N) is 2. The highest BCUT2D eigenvalue weighted by atomic mass is 16.4. The van der Waals surface area contributed by atoms with Crippen molar-refractivity contribution in [1.29, 1.82) is 0 Å². The van der Waals surface area contributed by atoms with E-state index in [1.807, 2.05) is 73.7 Å². The van der Waals surface area contributed by atoms with Crippen LogP contribution in [0, 0.1) is 6.92 Å². The summed E-state index contributed by atoms with van der Waals surface area (Å²) in [7, 11) is 0. The summed E-state index contributed by atoms with van der Waals surface area (Å²) in [5.41, 5.74) is 5.28. The standard InChI is InChI=1S/C28H26N4O3/c1-17-7-8-20(26(33)30-22-10-11-22)15-23(17)19-9-12-24-21(14-19)16-29-28(31-24)32-25(27(34)35)13-18-5-3-2-4-6-18/h2-9,12,14-16,22,25H,10-11,13H2,1H3,(H,30,33)(H,34,35)(H,29,31,32). The molecule has 3 N–H and O–H groups in total. The first-order valence-electron chi connectivity index (χ1n) is 11.7. The zero-order valence-electron chi connectivity index (χ0n) is 19.4. The van der Waals surface area contributed by atoms with Gasteiger partial charge in [0.1, 0.15) is 6.04 Å². The molecule has 0 bridgehead atoms. The highest BCUT2D eigenvalue weighted by Gasteiger charge is 2.24. The molecule has 1 fully saturated rings. The number of hydrogen-bond acceptors (Lipinski definition) is 5. The number of anilines is 1. The van der Waals surface area contributed by atoms with Crippen molar-refractivity contribution in [1.82, 2.24) is 15.3 Å². The van der Waals surface area contributed by atoms with E-state index in [1.54, 1.807) is 6.20 Å². The lowest BCUT2D eigenvalue weighted by molar-refractivity contribution is -0.137. The maximum atomic E-state index is 12.5. The van der Waals surface area contributed by atoms with Crippen LogP contribution >= 0.6 is 0 Å². The highest BCUT2D eigenvalue weighted by molar-refractivity contribution is 5.96. The summed E-state index contributed by atoms with van der Waals surface area (Å²) in [5, 5.41) is 16.5. The van der Waals surface area contributed by atoms with Crippen LogP contribution in [0.2, 0.25) is 0 Å². The van der Waals surface area contributed by atoms with E-state index >= 15 is 0 Å². The van der Waals surface area contributed by atoms with Crippen LogP contribution in [0.4, 0.5) is 5.95 Å². The van der Waals surface area contributed by atoms with Gasteiger partial charge < -0.3 is 15.7 Å². The first-order valence-corrected chi connectivity index (χ1v) is 11.7. The molecule has 1 unspecified atom stereocenters. The second kappa shape index (κ2) is 9.54. The van der Waals surface area contributed by atoms with E-state index in [9.17, 15) is 14.7 Å². The SMILES string of the molecule is Cc1ccc(C(=O)NC2CC2)cc1-c1ccc2nc(NC(Cc3ccccc3)C(=O)O)ncc2c1. The molecule has 5 rings (SSSR count). The summed E-state index contributed by atoms with van der Waals surface area (Å²) >= 11 is 0. The Bertz CT molecular complexity index is 1400. The lowest BCUT2D eigenvalue weighted by Crippen LogP contribution is -2.32. The van der Waals surface area contributed by atoms with Gasteiger partial charge in [-0.15, -0.1) is 0 Å². The van der Waals surface area contributed by atoms with Gasteiger partial charge in [-0.3, -0.25) is 4.79 Å². The predicted molar refractivity (Wildman–Crippen MR) is 135 cm³/mol. The molecule has 1 aromatic heterocycles. The second-order valence-corrected chi connectivity index (χ2v) is 8.97. The van der Waals surface area contributed by atoms with Gasteiger partial charge in [0.2, 0.25) is 5.95 Å². The fraction of sp³-hybridized carbons (Fsp3) is 0.214. The fourth-order valence-corrected chi connectivity index (χ4v) is 4.05. The van der Waals surface area contributed by atoms with Gasteiger partial charge in [-0.1, -0.05) is 42.5 Å². The second-order valence-electron chi connectivity index (χ2n) is 8.97. The van der Waals surface area contributed by atoms with Crippen molar-refractivity contribution in [3.63, 3.8) is 0 Å². The van der Waals surface area contributed by atoms with Crippen molar-refractivity contribution in [2.45, 2.75) is 38.3 Å². The van der Waals surface area contributed by atoms with Crippen LogP contribution in [0.3, 0.4) is 0 Å². The van der Waals surface area contributed by atoms with Crippen molar-refractivity contribution in [3.05, 3.63) is 89.6 Å². The third-order valence-electron chi connectivity index (χ3n) is 6.19. The van der Waals surface area contributed by atoms with Crippen LogP contribution in [0.15, 0.2) is 72.9 Å². The van der Waals surface area contributed by atoms with E-state index in [2.05, 4.69) is 20.6 Å². The number of hydrogen-bond donors (Lipinski definition) is 3. The summed E-state index contributed by atoms with van der Waals surface area (Å²) in [6, 6.07) is 20.5. The lowest BCUT2D eigenvalue weighted by Gasteiger charge is -2.15. The Morgan fingerprint density at radius 2 is 1.86 bits per heavy atom. The topological polar surface area (TPSA) is 104 Å². The molecule has 0 spiro atoms. The maximum Gasteiger partial charge on any atom is 0.326 e. The smallest absolute Gasteiger partial charge is 0.326 e. The van der Waals surface area contributed by atoms with Crippen LogP contribution in [0.25, 0.3) is 22.0 Å². The predicted octanol–water partition coefficient (Wildman–Crippen LogP) is 4.61.